The highest BCUT2D eigenvalue weighted by Gasteiger charge is 2.50. The number of alkyl halides is 3. The largest absolute Gasteiger partial charge is 0.417 e. The number of carbonyl (C=O) groups is 3. The Morgan fingerprint density at radius 1 is 1.37 bits per heavy atom. The summed E-state index contributed by atoms with van der Waals surface area (Å²) in [4.78, 5) is 42.3. The minimum absolute atomic E-state index is 0.0787. The number of aldehydes is 1. The number of carbonyl (C=O) groups excluding carboxylic acids is 3. The van der Waals surface area contributed by atoms with Crippen molar-refractivity contribution in [2.24, 2.45) is 5.73 Å². The van der Waals surface area contributed by atoms with Crippen molar-refractivity contribution in [2.45, 2.75) is 38.1 Å². The molecule has 0 aliphatic carbocycles. The highest BCUT2D eigenvalue weighted by atomic mass is 32.1. The van der Waals surface area contributed by atoms with Crippen LogP contribution in [0.25, 0.3) is 0 Å². The van der Waals surface area contributed by atoms with Gasteiger partial charge in [-0.3, -0.25) is 24.3 Å². The predicted octanol–water partition coefficient (Wildman–Crippen LogP) is 2.46. The maximum atomic E-state index is 13.0. The van der Waals surface area contributed by atoms with E-state index in [0.29, 0.717) is 5.56 Å². The number of nitrogens with two attached hydrogens (primary N) is 1. The van der Waals surface area contributed by atoms with Crippen LogP contribution in [0, 0.1) is 0 Å². The number of thiophene rings is 1. The van der Waals surface area contributed by atoms with Gasteiger partial charge in [-0.25, -0.2) is 0 Å². The molecule has 7 nitrogen and oxygen atoms in total. The van der Waals surface area contributed by atoms with E-state index in [4.69, 9.17) is 5.73 Å². The van der Waals surface area contributed by atoms with E-state index in [1.807, 2.05) is 4.90 Å². The van der Waals surface area contributed by atoms with Gasteiger partial charge in [-0.1, -0.05) is 0 Å². The van der Waals surface area contributed by atoms with Crippen molar-refractivity contribution in [1.29, 1.82) is 0 Å². The number of primary amides is 1. The average molecular weight is 440 g/mol. The molecule has 2 aromatic heterocycles. The van der Waals surface area contributed by atoms with E-state index in [1.54, 1.807) is 19.9 Å². The summed E-state index contributed by atoms with van der Waals surface area (Å²) in [6, 6.07) is 3.21. The zero-order valence-electron chi connectivity index (χ0n) is 16.1. The quantitative estimate of drug-likeness (QED) is 0.548. The third kappa shape index (κ3) is 4.08. The van der Waals surface area contributed by atoms with Crippen molar-refractivity contribution in [2.75, 3.05) is 11.6 Å². The highest BCUT2D eigenvalue weighted by Crippen LogP contribution is 2.41. The van der Waals surface area contributed by atoms with Crippen molar-refractivity contribution in [1.82, 2.24) is 9.88 Å². The molecule has 0 spiro atoms. The number of halogens is 3. The number of anilines is 1. The Morgan fingerprint density at radius 3 is 2.63 bits per heavy atom. The molecule has 11 heteroatoms. The van der Waals surface area contributed by atoms with Crippen LogP contribution in [0.3, 0.4) is 0 Å². The van der Waals surface area contributed by atoms with E-state index < -0.39 is 35.0 Å². The molecule has 1 atom stereocenters. The van der Waals surface area contributed by atoms with E-state index in [-0.39, 0.29) is 30.2 Å². The number of hydrogen-bond acceptors (Lipinski definition) is 7. The smallest absolute Gasteiger partial charge is 0.364 e. The standard InChI is InChI=1S/C19H19F3N4O3S/c1-18(2)16(14(28)8-27)26(15-6-12(9-30-15)19(20,21)22)10-25(18)7-11-3-4-24-13(5-11)17(23)29/h3-6,8-9,16H,7,10H2,1-2H3,(H2,23,29). The van der Waals surface area contributed by atoms with E-state index in [0.717, 1.165) is 22.8 Å². The second-order valence-corrected chi connectivity index (χ2v) is 8.36. The number of aromatic nitrogens is 1. The van der Waals surface area contributed by atoms with E-state index in [2.05, 4.69) is 4.98 Å². The number of rotatable bonds is 6. The van der Waals surface area contributed by atoms with Crippen LogP contribution in [0.4, 0.5) is 18.2 Å². The average Bonchev–Trinajstić information content (AvgIpc) is 3.25. The highest BCUT2D eigenvalue weighted by molar-refractivity contribution is 7.14. The van der Waals surface area contributed by atoms with E-state index in [9.17, 15) is 27.6 Å². The van der Waals surface area contributed by atoms with Gasteiger partial charge in [0.2, 0.25) is 5.78 Å². The number of hydrogen-bond donors (Lipinski definition) is 1. The summed E-state index contributed by atoms with van der Waals surface area (Å²) in [7, 11) is 0. The van der Waals surface area contributed by atoms with Crippen molar-refractivity contribution >= 4 is 34.3 Å². The fraction of sp³-hybridized carbons (Fsp3) is 0.368. The van der Waals surface area contributed by atoms with Gasteiger partial charge in [0.15, 0.2) is 6.29 Å². The van der Waals surface area contributed by atoms with Gasteiger partial charge in [0.1, 0.15) is 11.7 Å². The number of ketones is 1. The van der Waals surface area contributed by atoms with Gasteiger partial charge in [-0.15, -0.1) is 11.3 Å². The molecule has 30 heavy (non-hydrogen) atoms. The van der Waals surface area contributed by atoms with Gasteiger partial charge in [-0.2, -0.15) is 13.2 Å². The Hall–Kier alpha value is -2.79. The Morgan fingerprint density at radius 2 is 2.07 bits per heavy atom. The van der Waals surface area contributed by atoms with Crippen LogP contribution in [0.5, 0.6) is 0 Å². The lowest BCUT2D eigenvalue weighted by Crippen LogP contribution is -2.51. The number of Topliss-reactive ketones (excluding diaryl/α,β-unsaturated/α-hetero) is 1. The fourth-order valence-corrected chi connectivity index (χ4v) is 4.51. The van der Waals surface area contributed by atoms with Gasteiger partial charge >= 0.3 is 6.18 Å². The molecule has 3 heterocycles. The first-order chi connectivity index (χ1) is 13.9. The minimum atomic E-state index is -4.50. The van der Waals surface area contributed by atoms with Crippen LogP contribution >= 0.6 is 11.3 Å². The summed E-state index contributed by atoms with van der Waals surface area (Å²) in [5, 5.41) is 1.22. The molecule has 160 valence electrons. The van der Waals surface area contributed by atoms with Crippen molar-refractivity contribution in [3.63, 3.8) is 0 Å². The van der Waals surface area contributed by atoms with Gasteiger partial charge in [-0.05, 0) is 37.6 Å². The Bertz CT molecular complexity index is 989. The molecule has 1 unspecified atom stereocenters. The minimum Gasteiger partial charge on any atom is -0.364 e. The lowest BCUT2D eigenvalue weighted by molar-refractivity contribution is -0.137. The third-order valence-corrected chi connectivity index (χ3v) is 6.12. The van der Waals surface area contributed by atoms with Crippen LogP contribution < -0.4 is 10.6 Å². The first-order valence-corrected chi connectivity index (χ1v) is 9.74. The molecule has 2 aromatic rings. The summed E-state index contributed by atoms with van der Waals surface area (Å²) in [6.45, 7) is 3.87. The molecule has 0 bridgehead atoms. The lowest BCUT2D eigenvalue weighted by atomic mass is 9.91. The molecule has 0 saturated carbocycles. The third-order valence-electron chi connectivity index (χ3n) is 5.15. The van der Waals surface area contributed by atoms with Gasteiger partial charge in [0.25, 0.3) is 5.91 Å². The summed E-state index contributed by atoms with van der Waals surface area (Å²) >= 11 is 0.861. The Kier molecular flexibility index (Phi) is 5.70. The summed E-state index contributed by atoms with van der Waals surface area (Å²) < 4.78 is 39.1. The van der Waals surface area contributed by atoms with Crippen LogP contribution in [0.2, 0.25) is 0 Å². The lowest BCUT2D eigenvalue weighted by Gasteiger charge is -2.34. The topological polar surface area (TPSA) is 96.6 Å². The Labute approximate surface area is 174 Å². The fourth-order valence-electron chi connectivity index (χ4n) is 3.57. The summed E-state index contributed by atoms with van der Waals surface area (Å²) in [5.74, 6) is -1.41. The first kappa shape index (κ1) is 21.9. The molecular formula is C19H19F3N4O3S. The van der Waals surface area contributed by atoms with Crippen LogP contribution in [0.1, 0.15) is 35.5 Å². The van der Waals surface area contributed by atoms with E-state index >= 15 is 0 Å². The summed E-state index contributed by atoms with van der Waals surface area (Å²) in [6.07, 6.45) is -2.88. The van der Waals surface area contributed by atoms with Crippen molar-refractivity contribution < 1.29 is 27.6 Å². The predicted molar refractivity (Wildman–Crippen MR) is 104 cm³/mol. The number of pyridine rings is 1. The zero-order chi connectivity index (χ0) is 22.3. The second-order valence-electron chi connectivity index (χ2n) is 7.47. The maximum absolute atomic E-state index is 13.0. The molecule has 1 fully saturated rings. The normalized spacial score (nSPS) is 19.1. The Balaban J connectivity index is 1.95. The molecule has 3 rings (SSSR count). The number of amides is 1. The van der Waals surface area contributed by atoms with Crippen LogP contribution in [0.15, 0.2) is 29.8 Å². The number of nitrogens with zero attached hydrogens (tertiary/aromatic N) is 3. The van der Waals surface area contributed by atoms with Crippen molar-refractivity contribution in [3.8, 4) is 0 Å². The SMILES string of the molecule is CC1(C)C(C(=O)C=O)N(c2cc(C(F)(F)F)cs2)CN1Cc1ccnc(C(N)=O)c1. The molecule has 2 N–H and O–H groups in total. The molecule has 0 radical (unpaired) electrons. The van der Waals surface area contributed by atoms with E-state index in [1.165, 1.54) is 17.2 Å². The van der Waals surface area contributed by atoms with Crippen LogP contribution in [-0.2, 0) is 22.3 Å². The molecule has 1 aliphatic heterocycles. The van der Waals surface area contributed by atoms with Crippen molar-refractivity contribution in [3.05, 3.63) is 46.6 Å². The maximum Gasteiger partial charge on any atom is 0.417 e. The molecule has 1 aliphatic rings. The van der Waals surface area contributed by atoms with Crippen LogP contribution in [-0.4, -0.2) is 46.1 Å². The molecule has 1 saturated heterocycles. The molecule has 0 aromatic carbocycles. The van der Waals surface area contributed by atoms with Gasteiger partial charge in [0, 0.05) is 23.7 Å². The summed E-state index contributed by atoms with van der Waals surface area (Å²) in [5.41, 5.74) is 4.34. The van der Waals surface area contributed by atoms with Gasteiger partial charge < -0.3 is 10.6 Å². The molecular weight excluding hydrogens is 421 g/mol. The first-order valence-electron chi connectivity index (χ1n) is 8.86. The monoisotopic (exact) mass is 440 g/mol. The second kappa shape index (κ2) is 7.80. The van der Waals surface area contributed by atoms with Gasteiger partial charge in [0.05, 0.1) is 17.2 Å². The zero-order valence-corrected chi connectivity index (χ0v) is 17.0. The molecule has 1 amide bonds.